The summed E-state index contributed by atoms with van der Waals surface area (Å²) < 4.78 is 5.34. The fraction of sp³-hybridized carbons (Fsp3) is 0.944. The van der Waals surface area contributed by atoms with E-state index in [0.717, 1.165) is 12.8 Å². The Balaban J connectivity index is 1.80. The van der Waals surface area contributed by atoms with Gasteiger partial charge < -0.3 is 10.1 Å². The average Bonchev–Trinajstić information content (AvgIpc) is 3.28. The van der Waals surface area contributed by atoms with Crippen LogP contribution in [0.4, 0.5) is 0 Å². The number of carbonyl (C=O) groups excluding carboxylic acids is 1. The molecule has 1 N–H and O–H groups in total. The number of carbonyl (C=O) groups is 1. The maximum absolute atomic E-state index is 11.6. The van der Waals surface area contributed by atoms with Crippen molar-refractivity contribution in [3.05, 3.63) is 0 Å². The molecule has 1 saturated heterocycles. The molecule has 1 heterocycles. The second-order valence-corrected chi connectivity index (χ2v) is 6.50. The van der Waals surface area contributed by atoms with Crippen LogP contribution in [0, 0.1) is 0 Å². The maximum Gasteiger partial charge on any atom is 0.254 e. The molecule has 1 aliphatic heterocycles. The smallest absolute Gasteiger partial charge is 0.254 e. The Morgan fingerprint density at radius 1 is 0.905 bits per heavy atom. The van der Waals surface area contributed by atoms with Gasteiger partial charge in [0.2, 0.25) is 0 Å². The van der Waals surface area contributed by atoms with Gasteiger partial charge in [0.15, 0.2) is 5.60 Å². The molecule has 21 heavy (non-hydrogen) atoms. The van der Waals surface area contributed by atoms with Gasteiger partial charge in [-0.25, -0.2) is 0 Å². The van der Waals surface area contributed by atoms with Crippen LogP contribution in [-0.4, -0.2) is 25.2 Å². The van der Waals surface area contributed by atoms with Crippen molar-refractivity contribution in [2.24, 2.45) is 0 Å². The number of nitrogens with one attached hydrogen (secondary N) is 1. The van der Waals surface area contributed by atoms with E-state index in [1.165, 1.54) is 70.6 Å². The number of hydrogen-bond acceptors (Lipinski definition) is 2. The van der Waals surface area contributed by atoms with E-state index < -0.39 is 5.60 Å². The Bertz CT molecular complexity index is 274. The number of hydrogen-bond donors (Lipinski definition) is 1. The van der Waals surface area contributed by atoms with Gasteiger partial charge in [-0.1, -0.05) is 77.6 Å². The molecule has 124 valence electrons. The predicted molar refractivity (Wildman–Crippen MR) is 88.4 cm³/mol. The van der Waals surface area contributed by atoms with Gasteiger partial charge in [0, 0.05) is 7.05 Å². The molecule has 1 rings (SSSR count). The Morgan fingerprint density at radius 3 is 1.71 bits per heavy atom. The Morgan fingerprint density at radius 2 is 1.33 bits per heavy atom. The van der Waals surface area contributed by atoms with Crippen LogP contribution in [0.1, 0.15) is 90.4 Å². The number of amides is 1. The molecule has 0 aromatic carbocycles. The van der Waals surface area contributed by atoms with Gasteiger partial charge in [-0.05, 0) is 12.8 Å². The van der Waals surface area contributed by atoms with Gasteiger partial charge in [-0.15, -0.1) is 0 Å². The van der Waals surface area contributed by atoms with Gasteiger partial charge in [0.1, 0.15) is 0 Å². The molecule has 1 fully saturated rings. The van der Waals surface area contributed by atoms with E-state index in [1.807, 2.05) is 0 Å². The molecule has 1 unspecified atom stereocenters. The van der Waals surface area contributed by atoms with Crippen LogP contribution >= 0.6 is 0 Å². The molecule has 0 radical (unpaired) electrons. The topological polar surface area (TPSA) is 41.6 Å². The van der Waals surface area contributed by atoms with Crippen LogP contribution in [0.5, 0.6) is 0 Å². The zero-order valence-electron chi connectivity index (χ0n) is 14.2. The lowest BCUT2D eigenvalue weighted by molar-refractivity contribution is -0.126. The highest BCUT2D eigenvalue weighted by Crippen LogP contribution is 2.33. The third kappa shape index (κ3) is 7.85. The first-order valence-electron chi connectivity index (χ1n) is 9.11. The molecule has 0 spiro atoms. The quantitative estimate of drug-likeness (QED) is 0.376. The molecule has 0 bridgehead atoms. The van der Waals surface area contributed by atoms with Crippen molar-refractivity contribution in [1.82, 2.24) is 5.32 Å². The molecule has 1 aliphatic rings. The minimum Gasteiger partial charge on any atom is -0.359 e. The third-order valence-corrected chi connectivity index (χ3v) is 4.57. The van der Waals surface area contributed by atoms with Gasteiger partial charge in [0.05, 0.1) is 6.61 Å². The third-order valence-electron chi connectivity index (χ3n) is 4.57. The SMILES string of the molecule is CCCCCCCCCCCCCCC1(C(=O)NC)CO1. The van der Waals surface area contributed by atoms with E-state index >= 15 is 0 Å². The lowest BCUT2D eigenvalue weighted by Gasteiger charge is -2.09. The second kappa shape index (κ2) is 11.1. The van der Waals surface area contributed by atoms with Crippen LogP contribution in [0.2, 0.25) is 0 Å². The van der Waals surface area contributed by atoms with Crippen molar-refractivity contribution in [2.75, 3.05) is 13.7 Å². The van der Waals surface area contributed by atoms with E-state index in [2.05, 4.69) is 12.2 Å². The summed E-state index contributed by atoms with van der Waals surface area (Å²) in [5.74, 6) is 0.0607. The Kier molecular flexibility index (Phi) is 9.73. The van der Waals surface area contributed by atoms with Crippen molar-refractivity contribution < 1.29 is 9.53 Å². The van der Waals surface area contributed by atoms with Crippen LogP contribution < -0.4 is 5.32 Å². The summed E-state index contributed by atoms with van der Waals surface area (Å²) >= 11 is 0. The lowest BCUT2D eigenvalue weighted by Crippen LogP contribution is -2.35. The number of ether oxygens (including phenoxy) is 1. The van der Waals surface area contributed by atoms with Gasteiger partial charge in [-0.2, -0.15) is 0 Å². The van der Waals surface area contributed by atoms with E-state index in [9.17, 15) is 4.79 Å². The molecule has 1 atom stereocenters. The zero-order chi connectivity index (χ0) is 15.4. The second-order valence-electron chi connectivity index (χ2n) is 6.50. The Labute approximate surface area is 131 Å². The van der Waals surface area contributed by atoms with Crippen LogP contribution in [0.3, 0.4) is 0 Å². The molecule has 3 nitrogen and oxygen atoms in total. The first kappa shape index (κ1) is 18.5. The van der Waals surface area contributed by atoms with E-state index in [1.54, 1.807) is 7.05 Å². The molecular formula is C18H35NO2. The van der Waals surface area contributed by atoms with Crippen molar-refractivity contribution in [3.8, 4) is 0 Å². The van der Waals surface area contributed by atoms with Crippen LogP contribution in [0.15, 0.2) is 0 Å². The van der Waals surface area contributed by atoms with Crippen molar-refractivity contribution >= 4 is 5.91 Å². The number of epoxide rings is 1. The van der Waals surface area contributed by atoms with E-state index in [4.69, 9.17) is 4.74 Å². The van der Waals surface area contributed by atoms with E-state index in [0.29, 0.717) is 6.61 Å². The minimum atomic E-state index is -0.451. The average molecular weight is 297 g/mol. The van der Waals surface area contributed by atoms with Crippen LogP contribution in [0.25, 0.3) is 0 Å². The fourth-order valence-corrected chi connectivity index (χ4v) is 2.96. The molecule has 0 aliphatic carbocycles. The highest BCUT2D eigenvalue weighted by Gasteiger charge is 2.50. The monoisotopic (exact) mass is 297 g/mol. The molecular weight excluding hydrogens is 262 g/mol. The van der Waals surface area contributed by atoms with Crippen molar-refractivity contribution in [1.29, 1.82) is 0 Å². The van der Waals surface area contributed by atoms with Gasteiger partial charge in [0.25, 0.3) is 5.91 Å². The highest BCUT2D eigenvalue weighted by atomic mass is 16.6. The molecule has 3 heteroatoms. The Hall–Kier alpha value is -0.570. The first-order chi connectivity index (χ1) is 10.2. The zero-order valence-corrected chi connectivity index (χ0v) is 14.2. The number of unbranched alkanes of at least 4 members (excludes halogenated alkanes) is 11. The standard InChI is InChI=1S/C18H35NO2/c1-3-4-5-6-7-8-9-10-11-12-13-14-15-18(16-21-18)17(20)19-2/h3-16H2,1-2H3,(H,19,20). The summed E-state index contributed by atoms with van der Waals surface area (Å²) in [6, 6.07) is 0. The largest absolute Gasteiger partial charge is 0.359 e. The summed E-state index contributed by atoms with van der Waals surface area (Å²) in [6.45, 7) is 2.89. The van der Waals surface area contributed by atoms with E-state index in [-0.39, 0.29) is 5.91 Å². The normalized spacial score (nSPS) is 20.5. The first-order valence-corrected chi connectivity index (χ1v) is 9.11. The van der Waals surface area contributed by atoms with Crippen molar-refractivity contribution in [3.63, 3.8) is 0 Å². The summed E-state index contributed by atoms with van der Waals surface area (Å²) in [4.78, 5) is 11.6. The maximum atomic E-state index is 11.6. The molecule has 1 amide bonds. The van der Waals surface area contributed by atoms with Crippen LogP contribution in [-0.2, 0) is 9.53 Å². The summed E-state index contributed by atoms with van der Waals surface area (Å²) in [5.41, 5.74) is -0.451. The lowest BCUT2D eigenvalue weighted by atomic mass is 9.99. The van der Waals surface area contributed by atoms with Gasteiger partial charge >= 0.3 is 0 Å². The summed E-state index contributed by atoms with van der Waals surface area (Å²) in [6.07, 6.45) is 17.1. The molecule has 0 aromatic heterocycles. The number of rotatable bonds is 14. The molecule has 0 aromatic rings. The summed E-state index contributed by atoms with van der Waals surface area (Å²) in [7, 11) is 1.69. The summed E-state index contributed by atoms with van der Waals surface area (Å²) in [5, 5.41) is 2.70. The molecule has 0 saturated carbocycles. The fourth-order valence-electron chi connectivity index (χ4n) is 2.96. The van der Waals surface area contributed by atoms with Crippen molar-refractivity contribution in [2.45, 2.75) is 96.0 Å². The minimum absolute atomic E-state index is 0.0607. The van der Waals surface area contributed by atoms with Gasteiger partial charge in [-0.3, -0.25) is 4.79 Å². The predicted octanol–water partition coefficient (Wildman–Crippen LogP) is 4.59. The highest BCUT2D eigenvalue weighted by molar-refractivity contribution is 5.87. The number of likely N-dealkylation sites (N-methyl/N-ethyl adjacent to an activating group) is 1.